The summed E-state index contributed by atoms with van der Waals surface area (Å²) in [6.45, 7) is 0.312. The fourth-order valence-corrected chi connectivity index (χ4v) is 3.96. The molecule has 0 spiro atoms. The van der Waals surface area contributed by atoms with Crippen molar-refractivity contribution in [1.29, 1.82) is 0 Å². The van der Waals surface area contributed by atoms with Gasteiger partial charge >= 0.3 is 12.1 Å². The number of carboxylic acids is 1. The van der Waals surface area contributed by atoms with Gasteiger partial charge in [0.15, 0.2) is 0 Å². The van der Waals surface area contributed by atoms with Gasteiger partial charge in [-0.2, -0.15) is 13.2 Å². The van der Waals surface area contributed by atoms with Crippen molar-refractivity contribution in [3.8, 4) is 11.3 Å². The minimum Gasteiger partial charge on any atom is -0.475 e. The Morgan fingerprint density at radius 1 is 1.18 bits per heavy atom. The summed E-state index contributed by atoms with van der Waals surface area (Å²) in [5.74, 6) is -2.71. The summed E-state index contributed by atoms with van der Waals surface area (Å²) in [6, 6.07) is 10.1. The molecule has 3 aromatic rings. The second-order valence-electron chi connectivity index (χ2n) is 7.96. The van der Waals surface area contributed by atoms with Gasteiger partial charge in [0, 0.05) is 23.2 Å². The number of pyridine rings is 1. The Kier molecular flexibility index (Phi) is 6.26. The summed E-state index contributed by atoms with van der Waals surface area (Å²) in [5, 5.41) is 12.5. The molecule has 0 saturated carbocycles. The average Bonchev–Trinajstić information content (AvgIpc) is 3.26. The molecule has 1 fully saturated rings. The van der Waals surface area contributed by atoms with E-state index in [2.05, 4.69) is 10.3 Å². The number of Topliss-reactive ketones (excluding diaryl/α,β-unsaturated/α-hetero) is 1. The van der Waals surface area contributed by atoms with Crippen molar-refractivity contribution >= 4 is 22.5 Å². The van der Waals surface area contributed by atoms with Crippen LogP contribution in [0, 0.1) is 0 Å². The van der Waals surface area contributed by atoms with Gasteiger partial charge in [-0.15, -0.1) is 0 Å². The Morgan fingerprint density at radius 2 is 1.91 bits per heavy atom. The number of nitrogens with one attached hydrogen (secondary N) is 2. The number of alkyl halides is 3. The molecule has 2 unspecified atom stereocenters. The molecule has 5 N–H and O–H groups in total. The van der Waals surface area contributed by atoms with E-state index in [-0.39, 0.29) is 23.1 Å². The Hall–Kier alpha value is -3.54. The smallest absolute Gasteiger partial charge is 0.417 e. The van der Waals surface area contributed by atoms with E-state index in [1.807, 2.05) is 0 Å². The van der Waals surface area contributed by atoms with E-state index in [0.717, 1.165) is 6.07 Å². The van der Waals surface area contributed by atoms with Gasteiger partial charge in [0.25, 0.3) is 11.3 Å². The number of H-pyrrole nitrogens is 1. The van der Waals surface area contributed by atoms with Crippen LogP contribution in [-0.4, -0.2) is 40.5 Å². The molecule has 11 heteroatoms. The van der Waals surface area contributed by atoms with E-state index in [9.17, 15) is 27.6 Å². The molecule has 0 bridgehead atoms. The minimum absolute atomic E-state index is 0.00473. The third kappa shape index (κ3) is 4.72. The fourth-order valence-electron chi connectivity index (χ4n) is 3.96. The third-order valence-electron chi connectivity index (χ3n) is 5.62. The van der Waals surface area contributed by atoms with Crippen LogP contribution < -0.4 is 16.6 Å². The molecule has 2 heterocycles. The summed E-state index contributed by atoms with van der Waals surface area (Å²) in [6.07, 6.45) is -5.72. The van der Waals surface area contributed by atoms with Crippen LogP contribution in [0.3, 0.4) is 0 Å². The predicted octanol–water partition coefficient (Wildman–Crippen LogP) is 2.57. The van der Waals surface area contributed by atoms with E-state index in [1.54, 1.807) is 18.2 Å². The van der Waals surface area contributed by atoms with Crippen LogP contribution in [0.4, 0.5) is 13.2 Å². The summed E-state index contributed by atoms with van der Waals surface area (Å²) in [5.41, 5.74) is 4.71. The first-order chi connectivity index (χ1) is 16.0. The highest BCUT2D eigenvalue weighted by Crippen LogP contribution is 2.36. The van der Waals surface area contributed by atoms with Gasteiger partial charge in [0.05, 0.1) is 17.7 Å². The lowest BCUT2D eigenvalue weighted by Crippen LogP contribution is -2.39. The topological polar surface area (TPSA) is 135 Å². The second kappa shape index (κ2) is 9.01. The number of aromatic amines is 1. The molecular weight excluding hydrogens is 455 g/mol. The quantitative estimate of drug-likeness (QED) is 0.403. The van der Waals surface area contributed by atoms with Gasteiger partial charge in [0.1, 0.15) is 6.23 Å². The largest absolute Gasteiger partial charge is 0.475 e. The molecule has 1 aliphatic rings. The lowest BCUT2D eigenvalue weighted by molar-refractivity contribution is -0.150. The zero-order valence-electron chi connectivity index (χ0n) is 17.6. The third-order valence-corrected chi connectivity index (χ3v) is 5.62. The number of ether oxygens (including phenoxy) is 1. The van der Waals surface area contributed by atoms with Crippen molar-refractivity contribution in [2.75, 3.05) is 6.54 Å². The molecule has 8 nitrogen and oxygen atoms in total. The molecule has 178 valence electrons. The van der Waals surface area contributed by atoms with E-state index in [4.69, 9.17) is 15.6 Å². The molecule has 3 atom stereocenters. The zero-order chi connectivity index (χ0) is 24.6. The van der Waals surface area contributed by atoms with Crippen LogP contribution in [0.2, 0.25) is 0 Å². The molecule has 34 heavy (non-hydrogen) atoms. The van der Waals surface area contributed by atoms with Crippen LogP contribution >= 0.6 is 0 Å². The number of carboxylic acid groups (broad SMARTS) is 1. The summed E-state index contributed by atoms with van der Waals surface area (Å²) >= 11 is 0. The highest BCUT2D eigenvalue weighted by molar-refractivity contribution is 6.34. The van der Waals surface area contributed by atoms with Crippen molar-refractivity contribution in [2.45, 2.75) is 31.0 Å². The van der Waals surface area contributed by atoms with Gasteiger partial charge in [-0.1, -0.05) is 30.3 Å². The van der Waals surface area contributed by atoms with Crippen molar-refractivity contribution in [3.63, 3.8) is 0 Å². The molecule has 4 rings (SSSR count). The van der Waals surface area contributed by atoms with Crippen LogP contribution in [-0.2, 0) is 20.5 Å². The minimum atomic E-state index is -4.58. The fraction of sp³-hybridized carbons (Fsp3) is 0.261. The van der Waals surface area contributed by atoms with Crippen LogP contribution in [0.5, 0.6) is 0 Å². The molecule has 0 amide bonds. The van der Waals surface area contributed by atoms with Gasteiger partial charge in [0.2, 0.25) is 0 Å². The number of aliphatic carboxylic acids is 1. The van der Waals surface area contributed by atoms with Gasteiger partial charge < -0.3 is 20.6 Å². The average molecular weight is 475 g/mol. The number of fused-ring (bicyclic) bond motifs is 1. The number of rotatable bonds is 6. The van der Waals surface area contributed by atoms with Crippen molar-refractivity contribution in [1.82, 2.24) is 10.3 Å². The number of hydrogen-bond acceptors (Lipinski definition) is 6. The number of carbonyl (C=O) groups excluding carboxylic acids is 1. The van der Waals surface area contributed by atoms with E-state index in [0.29, 0.717) is 17.5 Å². The lowest BCUT2D eigenvalue weighted by Gasteiger charge is -2.16. The maximum absolute atomic E-state index is 13.4. The number of nitrogens with two attached hydrogens (primary N) is 1. The molecule has 0 radical (unpaired) electrons. The molecule has 2 aromatic carbocycles. The normalized spacial score (nSPS) is 19.3. The molecule has 1 aromatic heterocycles. The van der Waals surface area contributed by atoms with Gasteiger partial charge in [-0.25, -0.2) is 4.79 Å². The standard InChI is InChI=1S/C23H20F3N3O5/c24-23(25,26)16-4-2-1-3-14(16)18-8-11-5-6-12(7-15(11)20(31)29-18)21-28-10-13(34-21)9-17(27)19(30)22(32)33/h1-8,13,17,21,28H,9-10,27H2,(H,29,31)(H,32,33)/t13?,17-,21?/m1/s1. The van der Waals surface area contributed by atoms with Gasteiger partial charge in [-0.3, -0.25) is 14.9 Å². The maximum atomic E-state index is 13.4. The highest BCUT2D eigenvalue weighted by Gasteiger charge is 2.34. The molecular formula is C23H20F3N3O5. The molecule has 1 saturated heterocycles. The molecule has 1 aliphatic heterocycles. The summed E-state index contributed by atoms with van der Waals surface area (Å²) in [7, 11) is 0. The number of halogens is 3. The zero-order valence-corrected chi connectivity index (χ0v) is 17.6. The van der Waals surface area contributed by atoms with Crippen molar-refractivity contribution < 1.29 is 32.6 Å². The first-order valence-corrected chi connectivity index (χ1v) is 10.3. The monoisotopic (exact) mass is 475 g/mol. The van der Waals surface area contributed by atoms with Crippen LogP contribution in [0.25, 0.3) is 22.0 Å². The Labute approximate surface area is 190 Å². The Balaban J connectivity index is 1.59. The van der Waals surface area contributed by atoms with Crippen LogP contribution in [0.15, 0.2) is 53.3 Å². The predicted molar refractivity (Wildman–Crippen MR) is 116 cm³/mol. The Morgan fingerprint density at radius 3 is 2.62 bits per heavy atom. The van der Waals surface area contributed by atoms with E-state index in [1.165, 1.54) is 24.3 Å². The number of carbonyl (C=O) groups is 2. The first kappa shape index (κ1) is 23.6. The van der Waals surface area contributed by atoms with Crippen LogP contribution in [0.1, 0.15) is 23.8 Å². The number of hydrogen-bond donors (Lipinski definition) is 4. The van der Waals surface area contributed by atoms with E-state index < -0.39 is 47.4 Å². The second-order valence-corrected chi connectivity index (χ2v) is 7.96. The van der Waals surface area contributed by atoms with Crippen molar-refractivity contribution in [2.24, 2.45) is 5.73 Å². The summed E-state index contributed by atoms with van der Waals surface area (Å²) in [4.78, 5) is 37.5. The SMILES string of the molecule is N[C@H](CC1CNC(c2ccc3cc(-c4ccccc4C(F)(F)F)[nH]c(=O)c3c2)O1)C(=O)C(=O)O. The van der Waals surface area contributed by atoms with Gasteiger partial charge in [-0.05, 0) is 35.6 Å². The number of benzene rings is 2. The van der Waals surface area contributed by atoms with Crippen molar-refractivity contribution in [3.05, 3.63) is 70.0 Å². The summed E-state index contributed by atoms with van der Waals surface area (Å²) < 4.78 is 46.0. The first-order valence-electron chi connectivity index (χ1n) is 10.3. The maximum Gasteiger partial charge on any atom is 0.417 e. The Bertz CT molecular complexity index is 1320. The number of aromatic nitrogens is 1. The molecule has 0 aliphatic carbocycles. The number of ketones is 1. The highest BCUT2D eigenvalue weighted by atomic mass is 19.4. The van der Waals surface area contributed by atoms with E-state index >= 15 is 0 Å². The lowest BCUT2D eigenvalue weighted by atomic mass is 10.0.